The Kier molecular flexibility index (Phi) is 5.78. The van der Waals surface area contributed by atoms with E-state index in [2.05, 4.69) is 4.72 Å². The van der Waals surface area contributed by atoms with E-state index in [1.807, 2.05) is 0 Å². The van der Waals surface area contributed by atoms with Gasteiger partial charge in [-0.3, -0.25) is 10.1 Å². The Morgan fingerprint density at radius 3 is 2.50 bits per heavy atom. The SMILES string of the molecule is COc1cccc(NS(=O)(=O)c2cccc(C(=N)N)c2)c1.Cl. The summed E-state index contributed by atoms with van der Waals surface area (Å²) in [4.78, 5) is 0.0398. The molecule has 118 valence electrons. The second kappa shape index (κ2) is 7.15. The number of amidine groups is 1. The van der Waals surface area contributed by atoms with Gasteiger partial charge in [0.15, 0.2) is 0 Å². The summed E-state index contributed by atoms with van der Waals surface area (Å²) in [5, 5.41) is 7.36. The number of sulfonamides is 1. The molecule has 8 heteroatoms. The maximum atomic E-state index is 12.3. The Bertz CT molecular complexity index is 778. The molecule has 2 aromatic rings. The summed E-state index contributed by atoms with van der Waals surface area (Å²) in [7, 11) is -2.25. The number of anilines is 1. The van der Waals surface area contributed by atoms with Crippen molar-refractivity contribution in [2.45, 2.75) is 4.90 Å². The maximum absolute atomic E-state index is 12.3. The van der Waals surface area contributed by atoms with E-state index in [0.29, 0.717) is 17.0 Å². The van der Waals surface area contributed by atoms with Gasteiger partial charge >= 0.3 is 0 Å². The van der Waals surface area contributed by atoms with E-state index >= 15 is 0 Å². The lowest BCUT2D eigenvalue weighted by atomic mass is 10.2. The maximum Gasteiger partial charge on any atom is 0.261 e. The lowest BCUT2D eigenvalue weighted by Gasteiger charge is -2.10. The van der Waals surface area contributed by atoms with Crippen LogP contribution in [-0.4, -0.2) is 21.4 Å². The molecule has 0 aromatic heterocycles. The van der Waals surface area contributed by atoms with Crippen LogP contribution in [0.25, 0.3) is 0 Å². The van der Waals surface area contributed by atoms with Crippen molar-refractivity contribution < 1.29 is 13.2 Å². The molecule has 4 N–H and O–H groups in total. The molecule has 0 amide bonds. The van der Waals surface area contributed by atoms with E-state index in [1.165, 1.54) is 25.3 Å². The zero-order valence-electron chi connectivity index (χ0n) is 11.7. The van der Waals surface area contributed by atoms with Crippen LogP contribution in [0.1, 0.15) is 5.56 Å². The normalized spacial score (nSPS) is 10.4. The Morgan fingerprint density at radius 2 is 1.86 bits per heavy atom. The van der Waals surface area contributed by atoms with Gasteiger partial charge in [0.25, 0.3) is 10.0 Å². The third kappa shape index (κ3) is 4.12. The van der Waals surface area contributed by atoms with Gasteiger partial charge in [-0.25, -0.2) is 8.42 Å². The molecular formula is C14H16ClN3O3S. The number of hydrogen-bond donors (Lipinski definition) is 3. The summed E-state index contributed by atoms with van der Waals surface area (Å²) in [5.74, 6) is 0.362. The third-order valence-corrected chi connectivity index (χ3v) is 4.16. The van der Waals surface area contributed by atoms with E-state index in [1.54, 1.807) is 30.3 Å². The van der Waals surface area contributed by atoms with Crippen molar-refractivity contribution >= 4 is 34.0 Å². The van der Waals surface area contributed by atoms with Crippen molar-refractivity contribution in [2.24, 2.45) is 5.73 Å². The summed E-state index contributed by atoms with van der Waals surface area (Å²) in [6.07, 6.45) is 0. The lowest BCUT2D eigenvalue weighted by Crippen LogP contribution is -2.15. The van der Waals surface area contributed by atoms with Crippen LogP contribution < -0.4 is 15.2 Å². The number of nitrogens with one attached hydrogen (secondary N) is 2. The molecule has 0 atom stereocenters. The van der Waals surface area contributed by atoms with Gasteiger partial charge in [0.1, 0.15) is 11.6 Å². The van der Waals surface area contributed by atoms with Gasteiger partial charge < -0.3 is 10.5 Å². The highest BCUT2D eigenvalue weighted by Crippen LogP contribution is 2.21. The quantitative estimate of drug-likeness (QED) is 0.572. The van der Waals surface area contributed by atoms with Gasteiger partial charge in [0.2, 0.25) is 0 Å². The number of methoxy groups -OCH3 is 1. The molecule has 2 aromatic carbocycles. The average molecular weight is 342 g/mol. The minimum absolute atomic E-state index is 0. The van der Waals surface area contributed by atoms with Gasteiger partial charge in [-0.15, -0.1) is 12.4 Å². The molecule has 6 nitrogen and oxygen atoms in total. The van der Waals surface area contributed by atoms with Crippen molar-refractivity contribution in [1.29, 1.82) is 5.41 Å². The minimum atomic E-state index is -3.75. The minimum Gasteiger partial charge on any atom is -0.497 e. The van der Waals surface area contributed by atoms with Crippen molar-refractivity contribution in [3.05, 3.63) is 54.1 Å². The Labute approximate surface area is 135 Å². The molecule has 0 saturated carbocycles. The molecule has 0 heterocycles. The summed E-state index contributed by atoms with van der Waals surface area (Å²) in [6, 6.07) is 12.5. The number of halogens is 1. The Hall–Kier alpha value is -2.25. The first kappa shape index (κ1) is 17.8. The molecule has 0 unspecified atom stereocenters. The van der Waals surface area contributed by atoms with Crippen molar-refractivity contribution in [3.63, 3.8) is 0 Å². The summed E-state index contributed by atoms with van der Waals surface area (Å²) < 4.78 is 32.1. The predicted molar refractivity (Wildman–Crippen MR) is 88.5 cm³/mol. The summed E-state index contributed by atoms with van der Waals surface area (Å²) in [6.45, 7) is 0. The van der Waals surface area contributed by atoms with Gasteiger partial charge in [0, 0.05) is 11.6 Å². The average Bonchev–Trinajstić information content (AvgIpc) is 2.47. The lowest BCUT2D eigenvalue weighted by molar-refractivity contribution is 0.415. The fourth-order valence-corrected chi connectivity index (χ4v) is 2.83. The van der Waals surface area contributed by atoms with Crippen LogP contribution in [0.2, 0.25) is 0 Å². The van der Waals surface area contributed by atoms with Gasteiger partial charge in [-0.1, -0.05) is 18.2 Å². The van der Waals surface area contributed by atoms with Crippen LogP contribution in [0.15, 0.2) is 53.4 Å². The first-order valence-electron chi connectivity index (χ1n) is 6.04. The highest BCUT2D eigenvalue weighted by Gasteiger charge is 2.15. The molecule has 0 bridgehead atoms. The highest BCUT2D eigenvalue weighted by molar-refractivity contribution is 7.92. The Balaban J connectivity index is 0.00000242. The summed E-state index contributed by atoms with van der Waals surface area (Å²) >= 11 is 0. The highest BCUT2D eigenvalue weighted by atomic mass is 35.5. The van der Waals surface area contributed by atoms with Gasteiger partial charge in [-0.05, 0) is 24.3 Å². The van der Waals surface area contributed by atoms with Crippen LogP contribution in [0.3, 0.4) is 0 Å². The van der Waals surface area contributed by atoms with Crippen molar-refractivity contribution in [3.8, 4) is 5.75 Å². The molecule has 0 aliphatic carbocycles. The largest absolute Gasteiger partial charge is 0.497 e. The second-order valence-electron chi connectivity index (χ2n) is 4.28. The van der Waals surface area contributed by atoms with Crippen molar-refractivity contribution in [1.82, 2.24) is 0 Å². The van der Waals surface area contributed by atoms with E-state index in [0.717, 1.165) is 0 Å². The smallest absolute Gasteiger partial charge is 0.261 e. The number of nitrogens with two attached hydrogens (primary N) is 1. The number of nitrogen functional groups attached to an aromatic ring is 1. The van der Waals surface area contributed by atoms with Crippen LogP contribution in [0.4, 0.5) is 5.69 Å². The number of hydrogen-bond acceptors (Lipinski definition) is 4. The number of benzene rings is 2. The topological polar surface area (TPSA) is 105 Å². The Morgan fingerprint density at radius 1 is 1.18 bits per heavy atom. The number of rotatable bonds is 5. The zero-order valence-corrected chi connectivity index (χ0v) is 13.4. The molecule has 0 aliphatic rings. The van der Waals surface area contributed by atoms with Crippen LogP contribution in [0, 0.1) is 5.41 Å². The van der Waals surface area contributed by atoms with Crippen LogP contribution in [0.5, 0.6) is 5.75 Å². The monoisotopic (exact) mass is 341 g/mol. The molecule has 22 heavy (non-hydrogen) atoms. The second-order valence-corrected chi connectivity index (χ2v) is 5.96. The first-order valence-corrected chi connectivity index (χ1v) is 7.52. The van der Waals surface area contributed by atoms with Gasteiger partial charge in [0.05, 0.1) is 17.7 Å². The molecule has 0 spiro atoms. The summed E-state index contributed by atoms with van der Waals surface area (Å²) in [5.41, 5.74) is 6.11. The molecule has 0 radical (unpaired) electrons. The third-order valence-electron chi connectivity index (χ3n) is 2.78. The molecular weight excluding hydrogens is 326 g/mol. The van der Waals surface area contributed by atoms with E-state index in [4.69, 9.17) is 15.9 Å². The first-order chi connectivity index (χ1) is 9.92. The van der Waals surface area contributed by atoms with Gasteiger partial charge in [-0.2, -0.15) is 0 Å². The fraction of sp³-hybridized carbons (Fsp3) is 0.0714. The van der Waals surface area contributed by atoms with E-state index in [-0.39, 0.29) is 23.1 Å². The fourth-order valence-electron chi connectivity index (χ4n) is 1.73. The van der Waals surface area contributed by atoms with Crippen LogP contribution >= 0.6 is 12.4 Å². The molecule has 0 saturated heterocycles. The number of ether oxygens (including phenoxy) is 1. The predicted octanol–water partition coefficient (Wildman–Crippen LogP) is 2.20. The molecule has 2 rings (SSSR count). The standard InChI is InChI=1S/C14H15N3O3S.ClH/c1-20-12-6-3-5-11(9-12)17-21(18,19)13-7-2-4-10(8-13)14(15)16;/h2-9,17H,1H3,(H3,15,16);1H. The van der Waals surface area contributed by atoms with Crippen molar-refractivity contribution in [2.75, 3.05) is 11.8 Å². The van der Waals surface area contributed by atoms with Crippen LogP contribution in [-0.2, 0) is 10.0 Å². The zero-order chi connectivity index (χ0) is 15.5. The molecule has 0 fully saturated rings. The van der Waals surface area contributed by atoms with E-state index < -0.39 is 10.0 Å². The van der Waals surface area contributed by atoms with E-state index in [9.17, 15) is 8.42 Å². The molecule has 0 aliphatic heterocycles.